The van der Waals surface area contributed by atoms with Crippen LogP contribution in [0.3, 0.4) is 0 Å². The molecule has 1 fully saturated rings. The Hall–Kier alpha value is -3.41. The molecule has 132 valence electrons. The van der Waals surface area contributed by atoms with E-state index in [0.717, 1.165) is 5.56 Å². The number of H-pyrrole nitrogens is 1. The number of rotatable bonds is 2. The predicted octanol–water partition coefficient (Wildman–Crippen LogP) is 0.897. The van der Waals surface area contributed by atoms with Crippen LogP contribution in [0, 0.1) is 11.3 Å². The molecule has 3 aromatic heterocycles. The second-order valence-electron chi connectivity index (χ2n) is 6.47. The number of hydrogen-bond acceptors (Lipinski definition) is 6. The summed E-state index contributed by atoms with van der Waals surface area (Å²) in [6.45, 7) is 3.05. The van der Waals surface area contributed by atoms with Crippen LogP contribution in [0.1, 0.15) is 12.5 Å². The number of fused-ring (bicyclic) bond motifs is 1. The lowest BCUT2D eigenvalue weighted by molar-refractivity contribution is -0.132. The number of likely N-dealkylation sites (N-methyl/N-ethyl adjacent to an activating group) is 1. The van der Waals surface area contributed by atoms with Gasteiger partial charge in [-0.05, 0) is 13.0 Å². The number of pyridine rings is 1. The van der Waals surface area contributed by atoms with E-state index in [-0.39, 0.29) is 11.9 Å². The van der Waals surface area contributed by atoms with E-state index in [4.69, 9.17) is 4.98 Å². The van der Waals surface area contributed by atoms with Crippen molar-refractivity contribution in [3.8, 4) is 17.3 Å². The third-order valence-corrected chi connectivity index (χ3v) is 4.76. The highest BCUT2D eigenvalue weighted by molar-refractivity contribution is 5.93. The quantitative estimate of drug-likeness (QED) is 0.736. The molecule has 9 nitrogen and oxygen atoms in total. The Morgan fingerprint density at radius 3 is 2.85 bits per heavy atom. The molecule has 1 amide bonds. The van der Waals surface area contributed by atoms with Crippen molar-refractivity contribution in [1.29, 1.82) is 5.26 Å². The molecule has 3 aromatic rings. The van der Waals surface area contributed by atoms with Gasteiger partial charge >= 0.3 is 0 Å². The Bertz CT molecular complexity index is 1040. The second kappa shape index (κ2) is 5.84. The summed E-state index contributed by atoms with van der Waals surface area (Å²) in [6.07, 6.45) is 3.58. The zero-order valence-corrected chi connectivity index (χ0v) is 14.8. The Morgan fingerprint density at radius 2 is 2.15 bits per heavy atom. The number of aryl methyl sites for hydroxylation is 1. The maximum Gasteiger partial charge on any atom is 0.244 e. The van der Waals surface area contributed by atoms with Gasteiger partial charge in [-0.15, -0.1) is 0 Å². The molecule has 26 heavy (non-hydrogen) atoms. The number of nitriles is 1. The number of carbonyl (C=O) groups is 1. The fourth-order valence-electron chi connectivity index (χ4n) is 3.29. The number of carbonyl (C=O) groups excluding carboxylic acids is 1. The van der Waals surface area contributed by atoms with E-state index in [0.29, 0.717) is 41.2 Å². The first kappa shape index (κ1) is 16.1. The number of amides is 1. The van der Waals surface area contributed by atoms with E-state index in [1.165, 1.54) is 0 Å². The zero-order chi connectivity index (χ0) is 18.4. The molecule has 0 aromatic carbocycles. The number of nitrogens with zero attached hydrogens (tertiary/aromatic N) is 7. The van der Waals surface area contributed by atoms with Crippen molar-refractivity contribution in [3.05, 3.63) is 24.0 Å². The summed E-state index contributed by atoms with van der Waals surface area (Å²) in [7, 11) is 3.62. The summed E-state index contributed by atoms with van der Waals surface area (Å²) in [5.41, 5.74) is 3.27. The maximum absolute atomic E-state index is 12.4. The number of aromatic amines is 1. The molecule has 0 saturated carbocycles. The van der Waals surface area contributed by atoms with Gasteiger partial charge in [0, 0.05) is 38.9 Å². The van der Waals surface area contributed by atoms with Gasteiger partial charge in [-0.2, -0.15) is 15.5 Å². The molecule has 0 bridgehead atoms. The van der Waals surface area contributed by atoms with Gasteiger partial charge in [0.25, 0.3) is 0 Å². The molecule has 0 aliphatic carbocycles. The van der Waals surface area contributed by atoms with Crippen molar-refractivity contribution < 1.29 is 4.79 Å². The first-order valence-electron chi connectivity index (χ1n) is 8.29. The van der Waals surface area contributed by atoms with E-state index in [2.05, 4.69) is 21.4 Å². The molecule has 1 N–H and O–H groups in total. The van der Waals surface area contributed by atoms with Crippen LogP contribution < -0.4 is 4.90 Å². The molecule has 4 rings (SSSR count). The number of aromatic nitrogens is 5. The fourth-order valence-corrected chi connectivity index (χ4v) is 3.29. The molecule has 1 aliphatic heterocycles. The van der Waals surface area contributed by atoms with Crippen LogP contribution in [-0.4, -0.2) is 61.9 Å². The van der Waals surface area contributed by atoms with Crippen molar-refractivity contribution in [2.45, 2.75) is 13.0 Å². The molecule has 1 aliphatic rings. The van der Waals surface area contributed by atoms with Crippen LogP contribution in [0.25, 0.3) is 22.3 Å². The highest BCUT2D eigenvalue weighted by Gasteiger charge is 2.32. The standard InChI is InChI=1S/C17H18N8O/c1-10-17(26)23(2)4-5-25(10)16-11(7-18)6-13-15(20-16)14(22-21-13)12-8-19-24(3)9-12/h6,8-10H,4-5H2,1-3H3,(H,21,22). The van der Waals surface area contributed by atoms with Gasteiger partial charge in [0.05, 0.1) is 17.3 Å². The van der Waals surface area contributed by atoms with Crippen LogP contribution >= 0.6 is 0 Å². The molecule has 0 spiro atoms. The molecule has 9 heteroatoms. The second-order valence-corrected chi connectivity index (χ2v) is 6.47. The highest BCUT2D eigenvalue weighted by Crippen LogP contribution is 2.30. The van der Waals surface area contributed by atoms with Gasteiger partial charge in [-0.3, -0.25) is 14.6 Å². The molecule has 1 unspecified atom stereocenters. The van der Waals surface area contributed by atoms with Gasteiger partial charge in [-0.1, -0.05) is 0 Å². The van der Waals surface area contributed by atoms with Crippen LogP contribution in [-0.2, 0) is 11.8 Å². The van der Waals surface area contributed by atoms with Gasteiger partial charge in [0.2, 0.25) is 5.91 Å². The first-order valence-corrected chi connectivity index (χ1v) is 8.29. The maximum atomic E-state index is 12.4. The van der Waals surface area contributed by atoms with E-state index >= 15 is 0 Å². The topological polar surface area (TPSA) is 107 Å². The summed E-state index contributed by atoms with van der Waals surface area (Å²) >= 11 is 0. The summed E-state index contributed by atoms with van der Waals surface area (Å²) in [5, 5.41) is 21.0. The largest absolute Gasteiger partial charge is 0.342 e. The monoisotopic (exact) mass is 350 g/mol. The van der Waals surface area contributed by atoms with Gasteiger partial charge in [-0.25, -0.2) is 4.98 Å². The van der Waals surface area contributed by atoms with Crippen molar-refractivity contribution in [1.82, 2.24) is 29.9 Å². The lowest BCUT2D eigenvalue weighted by Crippen LogP contribution is -2.55. The Morgan fingerprint density at radius 1 is 1.35 bits per heavy atom. The predicted molar refractivity (Wildman–Crippen MR) is 95.3 cm³/mol. The highest BCUT2D eigenvalue weighted by atomic mass is 16.2. The lowest BCUT2D eigenvalue weighted by atomic mass is 10.1. The average molecular weight is 350 g/mol. The lowest BCUT2D eigenvalue weighted by Gasteiger charge is -2.38. The third-order valence-electron chi connectivity index (χ3n) is 4.76. The third kappa shape index (κ3) is 2.38. The van der Waals surface area contributed by atoms with Crippen molar-refractivity contribution in [3.63, 3.8) is 0 Å². The van der Waals surface area contributed by atoms with E-state index in [1.54, 1.807) is 28.9 Å². The summed E-state index contributed by atoms with van der Waals surface area (Å²) < 4.78 is 1.70. The van der Waals surface area contributed by atoms with Gasteiger partial charge in [0.15, 0.2) is 0 Å². The van der Waals surface area contributed by atoms with Gasteiger partial charge < -0.3 is 9.80 Å². The minimum Gasteiger partial charge on any atom is -0.342 e. The normalized spacial score (nSPS) is 17.8. The van der Waals surface area contributed by atoms with Crippen LogP contribution in [0.5, 0.6) is 0 Å². The average Bonchev–Trinajstić information content (AvgIpc) is 3.24. The molecule has 1 atom stereocenters. The number of hydrogen-bond donors (Lipinski definition) is 1. The van der Waals surface area contributed by atoms with Crippen LogP contribution in [0.2, 0.25) is 0 Å². The van der Waals surface area contributed by atoms with Crippen LogP contribution in [0.15, 0.2) is 18.5 Å². The Balaban J connectivity index is 1.86. The van der Waals surface area contributed by atoms with E-state index < -0.39 is 0 Å². The minimum atomic E-state index is -0.375. The summed E-state index contributed by atoms with van der Waals surface area (Å²) in [4.78, 5) is 20.7. The fraction of sp³-hybridized carbons (Fsp3) is 0.353. The zero-order valence-electron chi connectivity index (χ0n) is 14.8. The number of anilines is 1. The van der Waals surface area contributed by atoms with E-state index in [9.17, 15) is 10.1 Å². The summed E-state index contributed by atoms with van der Waals surface area (Å²) in [5.74, 6) is 0.530. The molecular formula is C17H18N8O. The van der Waals surface area contributed by atoms with Crippen molar-refractivity contribution in [2.75, 3.05) is 25.0 Å². The molecular weight excluding hydrogens is 332 g/mol. The number of nitrogens with one attached hydrogen (secondary N) is 1. The SMILES string of the molecule is CC1C(=O)N(C)CCN1c1nc2c(-c3cnn(C)c3)n[nH]c2cc1C#N. The van der Waals surface area contributed by atoms with Crippen molar-refractivity contribution in [2.24, 2.45) is 7.05 Å². The van der Waals surface area contributed by atoms with Crippen LogP contribution in [0.4, 0.5) is 5.82 Å². The minimum absolute atomic E-state index is 0.0155. The van der Waals surface area contributed by atoms with Gasteiger partial charge in [0.1, 0.15) is 29.1 Å². The smallest absolute Gasteiger partial charge is 0.244 e. The van der Waals surface area contributed by atoms with E-state index in [1.807, 2.05) is 25.1 Å². The summed E-state index contributed by atoms with van der Waals surface area (Å²) in [6, 6.07) is 3.55. The Kier molecular flexibility index (Phi) is 3.61. The Labute approximate surface area is 149 Å². The molecule has 0 radical (unpaired) electrons. The van der Waals surface area contributed by atoms with Crippen molar-refractivity contribution >= 4 is 22.8 Å². The number of piperazine rings is 1. The molecule has 4 heterocycles. The molecule has 1 saturated heterocycles. The first-order chi connectivity index (χ1) is 12.5.